The third-order valence-corrected chi connectivity index (χ3v) is 4.39. The van der Waals surface area contributed by atoms with Crippen LogP contribution in [0.15, 0.2) is 41.0 Å². The Morgan fingerprint density at radius 2 is 2.19 bits per heavy atom. The van der Waals surface area contributed by atoms with Crippen LogP contribution in [0.5, 0.6) is 5.75 Å². The van der Waals surface area contributed by atoms with Gasteiger partial charge in [0.15, 0.2) is 0 Å². The van der Waals surface area contributed by atoms with Crippen LogP contribution in [0.25, 0.3) is 0 Å². The topological polar surface area (TPSA) is 77.9 Å². The number of amides is 1. The summed E-state index contributed by atoms with van der Waals surface area (Å²) in [5, 5.41) is 0. The zero-order valence-corrected chi connectivity index (χ0v) is 15.7. The Labute approximate surface area is 159 Å². The molecule has 2 aromatic rings. The lowest BCUT2D eigenvalue weighted by Gasteiger charge is -2.26. The number of hydrogen-bond donors (Lipinski definition) is 1. The first-order chi connectivity index (χ1) is 12.2. The Hall–Kier alpha value is -2.02. The molecule has 2 N–H and O–H groups in total. The minimum atomic E-state index is -0.0927. The largest absolute Gasteiger partial charge is 0.496 e. The van der Waals surface area contributed by atoms with Crippen LogP contribution in [0, 0.1) is 0 Å². The van der Waals surface area contributed by atoms with Crippen molar-refractivity contribution >= 4 is 18.3 Å². The molecule has 1 saturated heterocycles. The van der Waals surface area contributed by atoms with Gasteiger partial charge in [0.05, 0.1) is 25.3 Å². The molecule has 0 bridgehead atoms. The molecule has 1 unspecified atom stereocenters. The van der Waals surface area contributed by atoms with Gasteiger partial charge in [-0.15, -0.1) is 12.4 Å². The van der Waals surface area contributed by atoms with Crippen LogP contribution in [0.2, 0.25) is 0 Å². The quantitative estimate of drug-likeness (QED) is 0.798. The molecule has 0 radical (unpaired) electrons. The van der Waals surface area contributed by atoms with Gasteiger partial charge in [-0.25, -0.2) is 0 Å². The van der Waals surface area contributed by atoms with Crippen molar-refractivity contribution in [3.8, 4) is 5.75 Å². The normalized spacial score (nSPS) is 16.2. The molecule has 3 rings (SSSR count). The average molecular weight is 381 g/mol. The van der Waals surface area contributed by atoms with E-state index >= 15 is 0 Å². The fourth-order valence-corrected chi connectivity index (χ4v) is 3.08. The second kappa shape index (κ2) is 9.62. The molecule has 26 heavy (non-hydrogen) atoms. The van der Waals surface area contributed by atoms with E-state index in [0.29, 0.717) is 24.4 Å². The third kappa shape index (κ3) is 4.78. The van der Waals surface area contributed by atoms with Gasteiger partial charge in [0.1, 0.15) is 17.8 Å². The van der Waals surface area contributed by atoms with Crippen molar-refractivity contribution in [1.29, 1.82) is 0 Å². The summed E-state index contributed by atoms with van der Waals surface area (Å²) in [6.45, 7) is 2.02. The summed E-state index contributed by atoms with van der Waals surface area (Å²) in [6, 6.07) is 9.42. The average Bonchev–Trinajstić information content (AvgIpc) is 3.32. The molecular weight excluding hydrogens is 356 g/mol. The number of carbonyl (C=O) groups excluding carboxylic acids is 1. The van der Waals surface area contributed by atoms with Crippen molar-refractivity contribution in [2.45, 2.75) is 32.0 Å². The first-order valence-electron chi connectivity index (χ1n) is 8.51. The van der Waals surface area contributed by atoms with Gasteiger partial charge in [-0.2, -0.15) is 0 Å². The Morgan fingerprint density at radius 1 is 1.38 bits per heavy atom. The minimum absolute atomic E-state index is 0. The number of nitrogens with two attached hydrogens (primary N) is 1. The third-order valence-electron chi connectivity index (χ3n) is 4.39. The van der Waals surface area contributed by atoms with E-state index in [2.05, 4.69) is 0 Å². The second-order valence-corrected chi connectivity index (χ2v) is 6.14. The maximum Gasteiger partial charge on any atom is 0.257 e. The van der Waals surface area contributed by atoms with Gasteiger partial charge in [-0.3, -0.25) is 4.79 Å². The molecule has 1 aromatic heterocycles. The van der Waals surface area contributed by atoms with Gasteiger partial charge in [0.2, 0.25) is 0 Å². The van der Waals surface area contributed by atoms with Crippen molar-refractivity contribution in [3.05, 3.63) is 53.5 Å². The molecule has 7 heteroatoms. The van der Waals surface area contributed by atoms with Crippen molar-refractivity contribution in [2.75, 3.05) is 20.3 Å². The Morgan fingerprint density at radius 3 is 2.85 bits per heavy atom. The smallest absolute Gasteiger partial charge is 0.257 e. The van der Waals surface area contributed by atoms with Crippen LogP contribution >= 0.6 is 12.4 Å². The fraction of sp³-hybridized carbons (Fsp3) is 0.421. The first-order valence-corrected chi connectivity index (χ1v) is 8.51. The van der Waals surface area contributed by atoms with E-state index in [1.54, 1.807) is 18.1 Å². The van der Waals surface area contributed by atoms with Crippen LogP contribution in [0.4, 0.5) is 0 Å². The highest BCUT2D eigenvalue weighted by atomic mass is 35.5. The highest BCUT2D eigenvalue weighted by molar-refractivity contribution is 5.94. The molecule has 1 atom stereocenters. The van der Waals surface area contributed by atoms with Gasteiger partial charge in [-0.1, -0.05) is 18.2 Å². The molecule has 1 fully saturated rings. The Kier molecular flexibility index (Phi) is 7.50. The van der Waals surface area contributed by atoms with E-state index in [0.717, 1.165) is 30.8 Å². The number of rotatable bonds is 7. The zero-order chi connectivity index (χ0) is 17.6. The first kappa shape index (κ1) is 20.3. The predicted molar refractivity (Wildman–Crippen MR) is 101 cm³/mol. The number of nitrogens with zero attached hydrogens (tertiary/aromatic N) is 1. The molecule has 0 saturated carbocycles. The number of benzene rings is 1. The number of ether oxygens (including phenoxy) is 2. The molecule has 6 nitrogen and oxygen atoms in total. The Bertz CT molecular complexity index is 713. The molecule has 0 spiro atoms. The van der Waals surface area contributed by atoms with Crippen LogP contribution in [0.1, 0.15) is 34.5 Å². The van der Waals surface area contributed by atoms with Crippen molar-refractivity contribution in [3.63, 3.8) is 0 Å². The second-order valence-electron chi connectivity index (χ2n) is 6.14. The van der Waals surface area contributed by atoms with Crippen LogP contribution in [-0.2, 0) is 17.8 Å². The maximum absolute atomic E-state index is 13.0. The number of hydrogen-bond acceptors (Lipinski definition) is 5. The van der Waals surface area contributed by atoms with Crippen molar-refractivity contribution in [1.82, 2.24) is 4.90 Å². The maximum atomic E-state index is 13.0. The van der Waals surface area contributed by atoms with Gasteiger partial charge in [0.25, 0.3) is 5.91 Å². The summed E-state index contributed by atoms with van der Waals surface area (Å²) < 4.78 is 16.5. The van der Waals surface area contributed by atoms with Gasteiger partial charge in [0, 0.05) is 25.3 Å². The van der Waals surface area contributed by atoms with E-state index in [4.69, 9.17) is 19.6 Å². The minimum Gasteiger partial charge on any atom is -0.496 e. The number of carbonyl (C=O) groups is 1. The molecule has 1 aliphatic rings. The van der Waals surface area contributed by atoms with Gasteiger partial charge < -0.3 is 24.5 Å². The van der Waals surface area contributed by atoms with E-state index in [9.17, 15) is 4.79 Å². The van der Waals surface area contributed by atoms with Crippen molar-refractivity contribution in [2.24, 2.45) is 5.73 Å². The molecule has 1 amide bonds. The molecular formula is C19H25ClN2O4. The number of methoxy groups -OCH3 is 1. The summed E-state index contributed by atoms with van der Waals surface area (Å²) >= 11 is 0. The summed E-state index contributed by atoms with van der Waals surface area (Å²) in [6.07, 6.45) is 3.54. The van der Waals surface area contributed by atoms with E-state index in [1.807, 2.05) is 24.3 Å². The van der Waals surface area contributed by atoms with Crippen LogP contribution < -0.4 is 10.5 Å². The standard InChI is InChI=1S/C19H24N2O4.ClH/c1-23-18-7-3-2-5-14(18)11-21(12-16-6-4-8-24-16)19(22)15-9-17(10-20)25-13-15;/h2-3,5,7,9,13,16H,4,6,8,10-12,20H2,1H3;1H. The van der Waals surface area contributed by atoms with Gasteiger partial charge in [-0.05, 0) is 25.0 Å². The van der Waals surface area contributed by atoms with E-state index in [1.165, 1.54) is 6.26 Å². The highest BCUT2D eigenvalue weighted by Gasteiger charge is 2.25. The predicted octanol–water partition coefficient (Wildman–Crippen LogP) is 2.99. The molecule has 0 aliphatic carbocycles. The number of halogens is 1. The Balaban J connectivity index is 0.00000243. The molecule has 2 heterocycles. The van der Waals surface area contributed by atoms with E-state index < -0.39 is 0 Å². The van der Waals surface area contributed by atoms with Crippen molar-refractivity contribution < 1.29 is 18.7 Å². The van der Waals surface area contributed by atoms with Crippen LogP contribution in [0.3, 0.4) is 0 Å². The summed E-state index contributed by atoms with van der Waals surface area (Å²) in [5.41, 5.74) is 7.04. The zero-order valence-electron chi connectivity index (χ0n) is 14.8. The molecule has 142 valence electrons. The fourth-order valence-electron chi connectivity index (χ4n) is 3.08. The lowest BCUT2D eigenvalue weighted by Crippen LogP contribution is -2.36. The summed E-state index contributed by atoms with van der Waals surface area (Å²) in [5.74, 6) is 1.27. The SMILES string of the molecule is COc1ccccc1CN(CC1CCCO1)C(=O)c1coc(CN)c1.Cl. The monoisotopic (exact) mass is 380 g/mol. The van der Waals surface area contributed by atoms with Gasteiger partial charge >= 0.3 is 0 Å². The lowest BCUT2D eigenvalue weighted by molar-refractivity contribution is 0.0505. The van der Waals surface area contributed by atoms with E-state index in [-0.39, 0.29) is 31.0 Å². The summed E-state index contributed by atoms with van der Waals surface area (Å²) in [4.78, 5) is 14.8. The molecule has 1 aromatic carbocycles. The lowest BCUT2D eigenvalue weighted by atomic mass is 10.1. The summed E-state index contributed by atoms with van der Waals surface area (Å²) in [7, 11) is 1.63. The molecule has 1 aliphatic heterocycles. The van der Waals surface area contributed by atoms with Crippen LogP contribution in [-0.4, -0.2) is 37.2 Å². The number of furan rings is 1. The highest BCUT2D eigenvalue weighted by Crippen LogP contribution is 2.23. The number of para-hydroxylation sites is 1.